The summed E-state index contributed by atoms with van der Waals surface area (Å²) < 4.78 is 31.7. The van der Waals surface area contributed by atoms with Gasteiger partial charge in [-0.05, 0) is 55.0 Å². The standard InChI is InChI=1S/C23H29N3O5S/c1-4-5-14-25(2)32(29,30)21-12-6-18(7-13-21)24-23(28)17-15-22(27)26(16-17)19-8-10-20(31-3)11-9-19/h6-13,17H,4-5,14-16H2,1-3H3,(H,24,28). The number of benzene rings is 2. The molecule has 1 aliphatic heterocycles. The fourth-order valence-electron chi connectivity index (χ4n) is 3.53. The zero-order valence-corrected chi connectivity index (χ0v) is 19.4. The number of nitrogens with zero attached hydrogens (tertiary/aromatic N) is 2. The molecule has 1 heterocycles. The second-order valence-electron chi connectivity index (χ2n) is 7.80. The Morgan fingerprint density at radius 2 is 1.81 bits per heavy atom. The quantitative estimate of drug-likeness (QED) is 0.622. The normalized spacial score (nSPS) is 16.4. The van der Waals surface area contributed by atoms with Gasteiger partial charge in [-0.15, -0.1) is 0 Å². The summed E-state index contributed by atoms with van der Waals surface area (Å²) in [5.41, 5.74) is 1.20. The first-order valence-corrected chi connectivity index (χ1v) is 12.0. The molecular formula is C23H29N3O5S. The van der Waals surface area contributed by atoms with Crippen LogP contribution in [0, 0.1) is 5.92 Å². The number of rotatable bonds is 9. The number of hydrogen-bond acceptors (Lipinski definition) is 5. The molecule has 172 valence electrons. The maximum absolute atomic E-state index is 12.7. The monoisotopic (exact) mass is 459 g/mol. The Labute approximate surface area is 189 Å². The molecule has 2 aromatic carbocycles. The number of unbranched alkanes of at least 4 members (excludes halogenated alkanes) is 1. The van der Waals surface area contributed by atoms with Gasteiger partial charge in [0, 0.05) is 37.9 Å². The van der Waals surface area contributed by atoms with Crippen molar-refractivity contribution >= 4 is 33.2 Å². The predicted octanol–water partition coefficient (Wildman–Crippen LogP) is 3.11. The molecule has 1 unspecified atom stereocenters. The van der Waals surface area contributed by atoms with E-state index in [2.05, 4.69) is 5.32 Å². The van der Waals surface area contributed by atoms with Crippen molar-refractivity contribution in [3.8, 4) is 5.75 Å². The number of amides is 2. The lowest BCUT2D eigenvalue weighted by Gasteiger charge is -2.18. The molecule has 32 heavy (non-hydrogen) atoms. The SMILES string of the molecule is CCCCN(C)S(=O)(=O)c1ccc(NC(=O)C2CC(=O)N(c3ccc(OC)cc3)C2)cc1. The highest BCUT2D eigenvalue weighted by Gasteiger charge is 2.35. The smallest absolute Gasteiger partial charge is 0.242 e. The van der Waals surface area contributed by atoms with E-state index >= 15 is 0 Å². The Bertz CT molecular complexity index is 1050. The maximum atomic E-state index is 12.7. The molecule has 0 saturated carbocycles. The minimum Gasteiger partial charge on any atom is -0.497 e. The van der Waals surface area contributed by atoms with Gasteiger partial charge in [-0.3, -0.25) is 9.59 Å². The summed E-state index contributed by atoms with van der Waals surface area (Å²) in [5, 5.41) is 2.79. The molecule has 0 spiro atoms. The molecule has 0 bridgehead atoms. The summed E-state index contributed by atoms with van der Waals surface area (Å²) >= 11 is 0. The van der Waals surface area contributed by atoms with Crippen LogP contribution in [0.4, 0.5) is 11.4 Å². The van der Waals surface area contributed by atoms with Crippen molar-refractivity contribution in [3.05, 3.63) is 48.5 Å². The molecule has 1 fully saturated rings. The van der Waals surface area contributed by atoms with Gasteiger partial charge in [-0.1, -0.05) is 13.3 Å². The van der Waals surface area contributed by atoms with Gasteiger partial charge < -0.3 is 15.0 Å². The van der Waals surface area contributed by atoms with Crippen LogP contribution >= 0.6 is 0 Å². The lowest BCUT2D eigenvalue weighted by molar-refractivity contribution is -0.122. The first kappa shape index (κ1) is 23.7. The molecular weight excluding hydrogens is 430 g/mol. The third-order valence-corrected chi connectivity index (χ3v) is 7.41. The van der Waals surface area contributed by atoms with Gasteiger partial charge in [0.25, 0.3) is 0 Å². The summed E-state index contributed by atoms with van der Waals surface area (Å²) in [6.45, 7) is 2.75. The van der Waals surface area contributed by atoms with Crippen molar-refractivity contribution in [2.24, 2.45) is 5.92 Å². The molecule has 1 saturated heterocycles. The molecule has 8 nitrogen and oxygen atoms in total. The van der Waals surface area contributed by atoms with E-state index in [0.29, 0.717) is 23.7 Å². The molecule has 9 heteroatoms. The van der Waals surface area contributed by atoms with E-state index in [4.69, 9.17) is 4.74 Å². The van der Waals surface area contributed by atoms with Crippen LogP contribution in [-0.2, 0) is 19.6 Å². The van der Waals surface area contributed by atoms with Crippen LogP contribution in [0.1, 0.15) is 26.2 Å². The maximum Gasteiger partial charge on any atom is 0.242 e. The van der Waals surface area contributed by atoms with E-state index in [1.165, 1.54) is 16.4 Å². The molecule has 3 rings (SSSR count). The second-order valence-corrected chi connectivity index (χ2v) is 9.84. The average molecular weight is 460 g/mol. The number of sulfonamides is 1. The minimum absolute atomic E-state index is 0.118. The summed E-state index contributed by atoms with van der Waals surface area (Å²) in [6, 6.07) is 13.2. The Morgan fingerprint density at radius 3 is 2.41 bits per heavy atom. The van der Waals surface area contributed by atoms with Crippen molar-refractivity contribution in [3.63, 3.8) is 0 Å². The van der Waals surface area contributed by atoms with Gasteiger partial charge in [-0.25, -0.2) is 12.7 Å². The highest BCUT2D eigenvalue weighted by atomic mass is 32.2. The fourth-order valence-corrected chi connectivity index (χ4v) is 4.74. The molecule has 0 aliphatic carbocycles. The number of nitrogens with one attached hydrogen (secondary N) is 1. The Balaban J connectivity index is 1.63. The molecule has 1 N–H and O–H groups in total. The highest BCUT2D eigenvalue weighted by Crippen LogP contribution is 2.28. The van der Waals surface area contributed by atoms with Crippen molar-refractivity contribution in [1.29, 1.82) is 0 Å². The molecule has 2 aromatic rings. The molecule has 1 aliphatic rings. The molecule has 0 radical (unpaired) electrons. The van der Waals surface area contributed by atoms with Crippen LogP contribution in [-0.4, -0.2) is 51.8 Å². The van der Waals surface area contributed by atoms with Gasteiger partial charge in [0.05, 0.1) is 17.9 Å². The van der Waals surface area contributed by atoms with Crippen molar-refractivity contribution in [2.75, 3.05) is 37.5 Å². The van der Waals surface area contributed by atoms with Crippen LogP contribution in [0.2, 0.25) is 0 Å². The van der Waals surface area contributed by atoms with Crippen LogP contribution < -0.4 is 15.0 Å². The minimum atomic E-state index is -3.56. The van der Waals surface area contributed by atoms with Gasteiger partial charge in [0.1, 0.15) is 5.75 Å². The summed E-state index contributed by atoms with van der Waals surface area (Å²) in [5.74, 6) is -0.193. The highest BCUT2D eigenvalue weighted by molar-refractivity contribution is 7.89. The van der Waals surface area contributed by atoms with Gasteiger partial charge >= 0.3 is 0 Å². The van der Waals surface area contributed by atoms with E-state index in [1.807, 2.05) is 6.92 Å². The van der Waals surface area contributed by atoms with E-state index < -0.39 is 15.9 Å². The predicted molar refractivity (Wildman–Crippen MR) is 123 cm³/mol. The number of ether oxygens (including phenoxy) is 1. The topological polar surface area (TPSA) is 96.0 Å². The number of methoxy groups -OCH3 is 1. The molecule has 2 amide bonds. The summed E-state index contributed by atoms with van der Waals surface area (Å²) in [4.78, 5) is 26.9. The third-order valence-electron chi connectivity index (χ3n) is 5.54. The summed E-state index contributed by atoms with van der Waals surface area (Å²) in [7, 11) is -0.428. The molecule has 0 aromatic heterocycles. The molecule has 1 atom stereocenters. The van der Waals surface area contributed by atoms with E-state index in [-0.39, 0.29) is 29.7 Å². The van der Waals surface area contributed by atoms with Gasteiger partial charge in [-0.2, -0.15) is 0 Å². The van der Waals surface area contributed by atoms with E-state index in [9.17, 15) is 18.0 Å². The second kappa shape index (κ2) is 10.1. The number of carbonyl (C=O) groups is 2. The van der Waals surface area contributed by atoms with Crippen molar-refractivity contribution in [1.82, 2.24) is 4.31 Å². The van der Waals surface area contributed by atoms with Crippen LogP contribution in [0.3, 0.4) is 0 Å². The first-order chi connectivity index (χ1) is 15.3. The van der Waals surface area contributed by atoms with Crippen molar-refractivity contribution in [2.45, 2.75) is 31.1 Å². The summed E-state index contributed by atoms with van der Waals surface area (Å²) in [6.07, 6.45) is 1.81. The third kappa shape index (κ3) is 5.28. The largest absolute Gasteiger partial charge is 0.497 e. The zero-order chi connectivity index (χ0) is 23.3. The number of anilines is 2. The number of hydrogen-bond donors (Lipinski definition) is 1. The van der Waals surface area contributed by atoms with Crippen LogP contribution in [0.25, 0.3) is 0 Å². The Kier molecular flexibility index (Phi) is 7.52. The van der Waals surface area contributed by atoms with Gasteiger partial charge in [0.2, 0.25) is 21.8 Å². The van der Waals surface area contributed by atoms with E-state index in [1.54, 1.807) is 55.5 Å². The fraction of sp³-hybridized carbons (Fsp3) is 0.391. The lowest BCUT2D eigenvalue weighted by atomic mass is 10.1. The van der Waals surface area contributed by atoms with E-state index in [0.717, 1.165) is 12.8 Å². The van der Waals surface area contributed by atoms with Crippen molar-refractivity contribution < 1.29 is 22.7 Å². The zero-order valence-electron chi connectivity index (χ0n) is 18.6. The average Bonchev–Trinajstić information content (AvgIpc) is 3.19. The van der Waals surface area contributed by atoms with Gasteiger partial charge in [0.15, 0.2) is 0 Å². The van der Waals surface area contributed by atoms with Crippen LogP contribution in [0.5, 0.6) is 5.75 Å². The first-order valence-electron chi connectivity index (χ1n) is 10.6. The Morgan fingerprint density at radius 1 is 1.16 bits per heavy atom. The van der Waals surface area contributed by atoms with Crippen LogP contribution in [0.15, 0.2) is 53.4 Å². The lowest BCUT2D eigenvalue weighted by Crippen LogP contribution is -2.28. The Hall–Kier alpha value is -2.91. The number of carbonyl (C=O) groups excluding carboxylic acids is 2.